The summed E-state index contributed by atoms with van der Waals surface area (Å²) in [5.74, 6) is -3.77. The number of nitrogens with two attached hydrogens (primary N) is 1. The molecule has 0 saturated carbocycles. The number of benzene rings is 2. The molecular weight excluding hydrogens is 465 g/mol. The number of aliphatic hydroxyl groups is 1. The molecule has 166 valence electrons. The minimum atomic E-state index is -1.86. The van der Waals surface area contributed by atoms with E-state index >= 15 is 0 Å². The number of Topliss-reactive ketones (excluding diaryl/α,β-unsaturated/α-hetero) is 1. The van der Waals surface area contributed by atoms with E-state index in [1.165, 1.54) is 12.1 Å². The van der Waals surface area contributed by atoms with Crippen LogP contribution in [0.15, 0.2) is 77.4 Å². The second-order valence-corrected chi connectivity index (χ2v) is 8.87. The monoisotopic (exact) mass is 481 g/mol. The summed E-state index contributed by atoms with van der Waals surface area (Å²) in [6.45, 7) is 0. The first kappa shape index (κ1) is 21.3. The number of nitrogens with one attached hydrogen (secondary N) is 1. The maximum Gasteiger partial charge on any atom is 0.300 e. The molecular formula is C24H17Cl2N3O4. The highest BCUT2D eigenvalue weighted by Gasteiger charge is 2.69. The van der Waals surface area contributed by atoms with Crippen molar-refractivity contribution in [2.75, 3.05) is 10.6 Å². The first-order chi connectivity index (χ1) is 15.7. The van der Waals surface area contributed by atoms with Gasteiger partial charge in [-0.2, -0.15) is 0 Å². The highest BCUT2D eigenvalue weighted by Crippen LogP contribution is 2.51. The number of amides is 2. The van der Waals surface area contributed by atoms with Crippen molar-refractivity contribution in [3.63, 3.8) is 0 Å². The Balaban J connectivity index is 1.84. The number of carbonyl (C=O) groups excluding carboxylic acids is 3. The van der Waals surface area contributed by atoms with Gasteiger partial charge in [0.05, 0.1) is 11.6 Å². The second kappa shape index (κ2) is 7.50. The van der Waals surface area contributed by atoms with E-state index in [-0.39, 0.29) is 16.8 Å². The molecule has 0 aromatic heterocycles. The molecule has 2 heterocycles. The topological polar surface area (TPSA) is 113 Å². The summed E-state index contributed by atoms with van der Waals surface area (Å²) in [6.07, 6.45) is 4.90. The summed E-state index contributed by atoms with van der Waals surface area (Å²) < 4.78 is 0. The molecule has 0 radical (unpaired) electrons. The Labute approximate surface area is 198 Å². The summed E-state index contributed by atoms with van der Waals surface area (Å²) in [5, 5.41) is 14.8. The van der Waals surface area contributed by atoms with Gasteiger partial charge in [0.2, 0.25) is 0 Å². The van der Waals surface area contributed by atoms with E-state index in [2.05, 4.69) is 5.32 Å². The lowest BCUT2D eigenvalue weighted by atomic mass is 9.74. The number of halogens is 2. The number of hydrogen-bond acceptors (Lipinski definition) is 5. The Bertz CT molecular complexity index is 1330. The van der Waals surface area contributed by atoms with Crippen molar-refractivity contribution in [1.29, 1.82) is 0 Å². The number of hydrogen-bond donors (Lipinski definition) is 3. The number of anilines is 2. The fourth-order valence-electron chi connectivity index (χ4n) is 4.83. The van der Waals surface area contributed by atoms with Crippen LogP contribution in [0.4, 0.5) is 11.4 Å². The van der Waals surface area contributed by atoms with Crippen LogP contribution in [0.2, 0.25) is 5.02 Å². The average molecular weight is 482 g/mol. The number of ketones is 1. The van der Waals surface area contributed by atoms with Crippen molar-refractivity contribution in [2.45, 2.75) is 11.6 Å². The molecule has 4 N–H and O–H groups in total. The highest BCUT2D eigenvalue weighted by molar-refractivity contribution is 6.55. The predicted octanol–water partition coefficient (Wildman–Crippen LogP) is 3.35. The van der Waals surface area contributed by atoms with Gasteiger partial charge in [0.25, 0.3) is 11.7 Å². The zero-order valence-corrected chi connectivity index (χ0v) is 18.5. The van der Waals surface area contributed by atoms with Crippen LogP contribution >= 0.6 is 23.2 Å². The van der Waals surface area contributed by atoms with Crippen LogP contribution in [-0.4, -0.2) is 34.3 Å². The van der Waals surface area contributed by atoms with E-state index in [9.17, 15) is 19.5 Å². The minimum Gasteiger partial charge on any atom is -0.507 e. The summed E-state index contributed by atoms with van der Waals surface area (Å²) in [4.78, 5) is 41.6. The number of nitrogens with zero attached hydrogens (tertiary/aromatic N) is 1. The van der Waals surface area contributed by atoms with Crippen LogP contribution in [0.5, 0.6) is 0 Å². The predicted molar refractivity (Wildman–Crippen MR) is 126 cm³/mol. The SMILES string of the molecule is Nc1cccc(C(O)=C2C(=O)C(=O)N(c3cccc(Cl)c3)C23C(=O)NC2C=C(Cl)C=CC23)c1. The van der Waals surface area contributed by atoms with Gasteiger partial charge in [0, 0.05) is 32.9 Å². The lowest BCUT2D eigenvalue weighted by Crippen LogP contribution is -2.56. The third-order valence-corrected chi connectivity index (χ3v) is 6.62. The molecule has 0 bridgehead atoms. The molecule has 2 amide bonds. The molecule has 7 nitrogen and oxygen atoms in total. The molecule has 2 aliphatic heterocycles. The van der Waals surface area contributed by atoms with Gasteiger partial charge in [0.1, 0.15) is 5.76 Å². The lowest BCUT2D eigenvalue weighted by Gasteiger charge is -2.37. The van der Waals surface area contributed by atoms with Crippen LogP contribution in [0.1, 0.15) is 5.56 Å². The number of allylic oxidation sites excluding steroid dienone is 2. The highest BCUT2D eigenvalue weighted by atomic mass is 35.5. The number of aliphatic hydroxyl groups excluding tert-OH is 1. The molecule has 2 aromatic carbocycles. The van der Waals surface area contributed by atoms with E-state index in [0.29, 0.717) is 15.7 Å². The third-order valence-electron chi connectivity index (χ3n) is 6.14. The van der Waals surface area contributed by atoms with Crippen LogP contribution in [0.25, 0.3) is 5.76 Å². The van der Waals surface area contributed by atoms with Crippen molar-refractivity contribution in [3.05, 3.63) is 88.0 Å². The molecule has 3 atom stereocenters. The van der Waals surface area contributed by atoms with Crippen molar-refractivity contribution in [2.24, 2.45) is 5.92 Å². The van der Waals surface area contributed by atoms with Crippen molar-refractivity contribution >= 4 is 57.9 Å². The van der Waals surface area contributed by atoms with E-state index in [4.69, 9.17) is 28.9 Å². The van der Waals surface area contributed by atoms with E-state index in [1.54, 1.807) is 54.6 Å². The normalized spacial score (nSPS) is 27.6. The Morgan fingerprint density at radius 3 is 2.58 bits per heavy atom. The van der Waals surface area contributed by atoms with Crippen molar-refractivity contribution < 1.29 is 19.5 Å². The van der Waals surface area contributed by atoms with Gasteiger partial charge in [-0.25, -0.2) is 0 Å². The third kappa shape index (κ3) is 3.00. The van der Waals surface area contributed by atoms with Crippen molar-refractivity contribution in [3.8, 4) is 0 Å². The molecule has 5 rings (SSSR count). The molecule has 2 fully saturated rings. The van der Waals surface area contributed by atoms with E-state index < -0.39 is 40.9 Å². The van der Waals surface area contributed by atoms with Gasteiger partial charge in [-0.05, 0) is 42.5 Å². The maximum absolute atomic E-state index is 13.7. The Kier molecular flexibility index (Phi) is 4.84. The fourth-order valence-corrected chi connectivity index (χ4v) is 5.22. The molecule has 3 aliphatic rings. The van der Waals surface area contributed by atoms with Crippen LogP contribution in [-0.2, 0) is 14.4 Å². The molecule has 2 aromatic rings. The van der Waals surface area contributed by atoms with Gasteiger partial charge in [0.15, 0.2) is 5.54 Å². The van der Waals surface area contributed by atoms with Crippen LogP contribution in [0, 0.1) is 5.92 Å². The summed E-state index contributed by atoms with van der Waals surface area (Å²) in [7, 11) is 0. The molecule has 1 spiro atoms. The Hall–Kier alpha value is -3.55. The average Bonchev–Trinajstić information content (AvgIpc) is 3.18. The first-order valence-corrected chi connectivity index (χ1v) is 10.8. The first-order valence-electron chi connectivity index (χ1n) is 10.1. The van der Waals surface area contributed by atoms with Gasteiger partial charge in [-0.15, -0.1) is 0 Å². The van der Waals surface area contributed by atoms with Gasteiger partial charge >= 0.3 is 5.91 Å². The quantitative estimate of drug-likeness (QED) is 0.263. The largest absolute Gasteiger partial charge is 0.507 e. The zero-order chi connectivity index (χ0) is 23.5. The van der Waals surface area contributed by atoms with Crippen molar-refractivity contribution in [1.82, 2.24) is 5.32 Å². The number of carbonyl (C=O) groups is 3. The fraction of sp³-hybridized carbons (Fsp3) is 0.125. The minimum absolute atomic E-state index is 0.211. The van der Waals surface area contributed by atoms with Crippen LogP contribution < -0.4 is 16.0 Å². The van der Waals surface area contributed by atoms with Crippen LogP contribution in [0.3, 0.4) is 0 Å². The van der Waals surface area contributed by atoms with Gasteiger partial charge in [-0.3, -0.25) is 19.3 Å². The standard InChI is InChI=1S/C24H17Cl2N3O4/c25-13-4-2-6-16(10-13)29-22(32)21(31)19(20(30)12-3-1-5-15(27)9-12)24(29)17-8-7-14(26)11-18(17)28-23(24)33/h1-11,17-18,30H,27H2,(H,28,33). The summed E-state index contributed by atoms with van der Waals surface area (Å²) in [5.41, 5.74) is 4.49. The Morgan fingerprint density at radius 1 is 1.09 bits per heavy atom. The van der Waals surface area contributed by atoms with Gasteiger partial charge < -0.3 is 16.2 Å². The lowest BCUT2D eigenvalue weighted by molar-refractivity contribution is -0.132. The smallest absolute Gasteiger partial charge is 0.300 e. The number of nitrogen functional groups attached to an aromatic ring is 1. The Morgan fingerprint density at radius 2 is 1.85 bits per heavy atom. The summed E-state index contributed by atoms with van der Waals surface area (Å²) >= 11 is 12.3. The molecule has 9 heteroatoms. The molecule has 3 unspecified atom stereocenters. The number of rotatable bonds is 2. The van der Waals surface area contributed by atoms with E-state index in [1.807, 2.05) is 0 Å². The van der Waals surface area contributed by atoms with E-state index in [0.717, 1.165) is 4.90 Å². The molecule has 33 heavy (non-hydrogen) atoms. The zero-order valence-electron chi connectivity index (χ0n) is 17.0. The molecule has 1 aliphatic carbocycles. The summed E-state index contributed by atoms with van der Waals surface area (Å²) in [6, 6.07) is 11.9. The second-order valence-electron chi connectivity index (χ2n) is 8.00. The molecule has 2 saturated heterocycles. The number of fused-ring (bicyclic) bond motifs is 2. The maximum atomic E-state index is 13.7. The van der Waals surface area contributed by atoms with Gasteiger partial charge in [-0.1, -0.05) is 47.5 Å².